The molecule has 0 spiro atoms. The van der Waals surface area contributed by atoms with Crippen LogP contribution >= 0.6 is 27.3 Å². The van der Waals surface area contributed by atoms with Crippen LogP contribution in [0.25, 0.3) is 10.7 Å². The van der Waals surface area contributed by atoms with Gasteiger partial charge in [-0.1, -0.05) is 6.42 Å². The van der Waals surface area contributed by atoms with Crippen molar-refractivity contribution in [2.45, 2.75) is 31.7 Å². The second-order valence-corrected chi connectivity index (χ2v) is 7.25. The van der Waals surface area contributed by atoms with E-state index in [0.29, 0.717) is 6.04 Å². The van der Waals surface area contributed by atoms with Crippen LogP contribution in [0.2, 0.25) is 0 Å². The molecule has 2 heterocycles. The average molecular weight is 338 g/mol. The summed E-state index contributed by atoms with van der Waals surface area (Å²) in [6, 6.07) is 4.52. The van der Waals surface area contributed by atoms with Crippen LogP contribution in [-0.2, 0) is 6.42 Å². The number of thiophene rings is 1. The number of halogens is 1. The van der Waals surface area contributed by atoms with Crippen molar-refractivity contribution in [3.63, 3.8) is 0 Å². The van der Waals surface area contributed by atoms with E-state index in [4.69, 9.17) is 4.98 Å². The van der Waals surface area contributed by atoms with Gasteiger partial charge in [0.1, 0.15) is 0 Å². The lowest BCUT2D eigenvalue weighted by Crippen LogP contribution is -2.17. The fourth-order valence-corrected chi connectivity index (χ4v) is 3.89. The summed E-state index contributed by atoms with van der Waals surface area (Å²) in [6.45, 7) is 0. The Hall–Kier alpha value is -0.780. The molecule has 19 heavy (non-hydrogen) atoms. The van der Waals surface area contributed by atoms with Crippen molar-refractivity contribution < 1.29 is 0 Å². The molecule has 100 valence electrons. The van der Waals surface area contributed by atoms with Gasteiger partial charge < -0.3 is 5.32 Å². The molecule has 3 rings (SSSR count). The van der Waals surface area contributed by atoms with Gasteiger partial charge in [-0.05, 0) is 54.4 Å². The minimum atomic E-state index is 0.404. The molecule has 2 aromatic rings. The standard InChI is InChI=1S/C14H16BrN3S/c1-16-10-4-2-3-5-11-9(10)8-17-14(18-11)12-6-7-13(15)19-12/h6-8,10,16H,2-5H2,1H3. The van der Waals surface area contributed by atoms with Gasteiger partial charge in [-0.2, -0.15) is 0 Å². The predicted octanol–water partition coefficient (Wildman–Crippen LogP) is 3.95. The molecule has 0 saturated heterocycles. The first-order chi connectivity index (χ1) is 9.28. The Morgan fingerprint density at radius 2 is 2.26 bits per heavy atom. The molecule has 3 nitrogen and oxygen atoms in total. The lowest BCUT2D eigenvalue weighted by molar-refractivity contribution is 0.532. The predicted molar refractivity (Wildman–Crippen MR) is 82.4 cm³/mol. The monoisotopic (exact) mass is 337 g/mol. The lowest BCUT2D eigenvalue weighted by atomic mass is 10.1. The van der Waals surface area contributed by atoms with E-state index in [1.807, 2.05) is 19.3 Å². The quantitative estimate of drug-likeness (QED) is 0.843. The number of nitrogens with one attached hydrogen (secondary N) is 1. The van der Waals surface area contributed by atoms with Crippen molar-refractivity contribution in [1.29, 1.82) is 0 Å². The number of fused-ring (bicyclic) bond motifs is 1. The van der Waals surface area contributed by atoms with E-state index in [2.05, 4.69) is 32.3 Å². The summed E-state index contributed by atoms with van der Waals surface area (Å²) in [6.07, 6.45) is 6.72. The summed E-state index contributed by atoms with van der Waals surface area (Å²) < 4.78 is 1.12. The summed E-state index contributed by atoms with van der Waals surface area (Å²) in [5.41, 5.74) is 2.49. The third-order valence-electron chi connectivity index (χ3n) is 3.57. The normalized spacial score (nSPS) is 18.9. The van der Waals surface area contributed by atoms with Gasteiger partial charge in [0.05, 0.1) is 8.66 Å². The zero-order valence-corrected chi connectivity index (χ0v) is 13.2. The van der Waals surface area contributed by atoms with E-state index in [1.54, 1.807) is 11.3 Å². The Bertz CT molecular complexity index is 582. The Morgan fingerprint density at radius 1 is 1.37 bits per heavy atom. The smallest absolute Gasteiger partial charge is 0.169 e. The van der Waals surface area contributed by atoms with Crippen molar-refractivity contribution in [1.82, 2.24) is 15.3 Å². The molecule has 0 aromatic carbocycles. The topological polar surface area (TPSA) is 37.8 Å². The van der Waals surface area contributed by atoms with Gasteiger partial charge in [0, 0.05) is 23.5 Å². The Labute approximate surface area is 125 Å². The number of rotatable bonds is 2. The van der Waals surface area contributed by atoms with Crippen molar-refractivity contribution in [3.8, 4) is 10.7 Å². The van der Waals surface area contributed by atoms with Crippen LogP contribution in [0.15, 0.2) is 22.1 Å². The number of aromatic nitrogens is 2. The molecule has 0 saturated carbocycles. The van der Waals surface area contributed by atoms with Gasteiger partial charge in [0.25, 0.3) is 0 Å². The fraction of sp³-hybridized carbons (Fsp3) is 0.429. The molecular formula is C14H16BrN3S. The highest BCUT2D eigenvalue weighted by atomic mass is 79.9. The molecule has 0 fully saturated rings. The first-order valence-electron chi connectivity index (χ1n) is 6.56. The zero-order valence-electron chi connectivity index (χ0n) is 10.8. The highest BCUT2D eigenvalue weighted by Crippen LogP contribution is 2.32. The number of hydrogen-bond acceptors (Lipinski definition) is 4. The van der Waals surface area contributed by atoms with Gasteiger partial charge in [-0.25, -0.2) is 9.97 Å². The maximum Gasteiger partial charge on any atom is 0.169 e. The van der Waals surface area contributed by atoms with Gasteiger partial charge in [-0.15, -0.1) is 11.3 Å². The maximum atomic E-state index is 4.79. The Balaban J connectivity index is 2.01. The largest absolute Gasteiger partial charge is 0.313 e. The van der Waals surface area contributed by atoms with Crippen LogP contribution in [0, 0.1) is 0 Å². The SMILES string of the molecule is CNC1CCCCc2nc(-c3ccc(Br)s3)ncc21. The van der Waals surface area contributed by atoms with E-state index >= 15 is 0 Å². The summed E-state index contributed by atoms with van der Waals surface area (Å²) in [7, 11) is 2.02. The summed E-state index contributed by atoms with van der Waals surface area (Å²) >= 11 is 5.17. The number of aryl methyl sites for hydroxylation is 1. The average Bonchev–Trinajstić information content (AvgIpc) is 2.75. The minimum absolute atomic E-state index is 0.404. The number of nitrogens with zero attached hydrogens (tertiary/aromatic N) is 2. The van der Waals surface area contributed by atoms with Gasteiger partial charge >= 0.3 is 0 Å². The second-order valence-electron chi connectivity index (χ2n) is 4.79. The molecule has 0 radical (unpaired) electrons. The van der Waals surface area contributed by atoms with E-state index < -0.39 is 0 Å². The molecule has 2 aromatic heterocycles. The molecule has 5 heteroatoms. The highest BCUT2D eigenvalue weighted by molar-refractivity contribution is 9.11. The van der Waals surface area contributed by atoms with Crippen molar-refractivity contribution >= 4 is 27.3 Å². The van der Waals surface area contributed by atoms with E-state index in [0.717, 1.165) is 20.9 Å². The zero-order chi connectivity index (χ0) is 13.2. The molecule has 1 aliphatic carbocycles. The fourth-order valence-electron chi connectivity index (χ4n) is 2.57. The summed E-state index contributed by atoms with van der Waals surface area (Å²) in [4.78, 5) is 10.5. The number of hydrogen-bond donors (Lipinski definition) is 1. The van der Waals surface area contributed by atoms with Gasteiger partial charge in [0.15, 0.2) is 5.82 Å². The lowest BCUT2D eigenvalue weighted by Gasteiger charge is -2.15. The van der Waals surface area contributed by atoms with Crippen molar-refractivity contribution in [2.75, 3.05) is 7.05 Å². The van der Waals surface area contributed by atoms with Crippen LogP contribution in [0.3, 0.4) is 0 Å². The van der Waals surface area contributed by atoms with E-state index in [9.17, 15) is 0 Å². The first-order valence-corrected chi connectivity index (χ1v) is 8.17. The third kappa shape index (κ3) is 2.73. The van der Waals surface area contributed by atoms with Gasteiger partial charge in [-0.3, -0.25) is 0 Å². The maximum absolute atomic E-state index is 4.79. The van der Waals surface area contributed by atoms with Crippen LogP contribution in [-0.4, -0.2) is 17.0 Å². The molecule has 1 N–H and O–H groups in total. The van der Waals surface area contributed by atoms with Gasteiger partial charge in [0.2, 0.25) is 0 Å². The van der Waals surface area contributed by atoms with E-state index in [-0.39, 0.29) is 0 Å². The highest BCUT2D eigenvalue weighted by Gasteiger charge is 2.19. The van der Waals surface area contributed by atoms with Crippen molar-refractivity contribution in [2.24, 2.45) is 0 Å². The molecule has 0 aliphatic heterocycles. The Kier molecular flexibility index (Phi) is 3.96. The third-order valence-corrected chi connectivity index (χ3v) is 5.19. The first kappa shape index (κ1) is 13.2. The molecule has 1 atom stereocenters. The molecule has 1 aliphatic rings. The molecule has 1 unspecified atom stereocenters. The van der Waals surface area contributed by atoms with Crippen LogP contribution in [0.5, 0.6) is 0 Å². The van der Waals surface area contributed by atoms with Crippen LogP contribution in [0.1, 0.15) is 36.6 Å². The van der Waals surface area contributed by atoms with Crippen LogP contribution in [0.4, 0.5) is 0 Å². The second kappa shape index (κ2) is 5.69. The molecular weight excluding hydrogens is 322 g/mol. The van der Waals surface area contributed by atoms with Crippen molar-refractivity contribution in [3.05, 3.63) is 33.4 Å². The molecule has 0 amide bonds. The summed E-state index contributed by atoms with van der Waals surface area (Å²) in [5.74, 6) is 0.853. The van der Waals surface area contributed by atoms with E-state index in [1.165, 1.54) is 30.5 Å². The van der Waals surface area contributed by atoms with Crippen LogP contribution < -0.4 is 5.32 Å². The molecule has 0 bridgehead atoms. The Morgan fingerprint density at radius 3 is 3.00 bits per heavy atom. The minimum Gasteiger partial charge on any atom is -0.313 e. The summed E-state index contributed by atoms with van der Waals surface area (Å²) in [5, 5.41) is 3.38.